The molecule has 1 saturated heterocycles. The Hall–Kier alpha value is -1.54. The van der Waals surface area contributed by atoms with Gasteiger partial charge in [0.15, 0.2) is 0 Å². The lowest BCUT2D eigenvalue weighted by atomic mass is 9.99. The van der Waals surface area contributed by atoms with Crippen LogP contribution in [0.4, 0.5) is 0 Å². The van der Waals surface area contributed by atoms with E-state index in [1.807, 2.05) is 6.07 Å². The van der Waals surface area contributed by atoms with Crippen molar-refractivity contribution in [3.05, 3.63) is 60.1 Å². The van der Waals surface area contributed by atoms with Gasteiger partial charge >= 0.3 is 0 Å². The predicted octanol–water partition coefficient (Wildman–Crippen LogP) is 4.01. The van der Waals surface area contributed by atoms with E-state index in [9.17, 15) is 0 Å². The SMILES string of the molecule is c1ccc(CN2CCCC[C@@H]2c2ccco2)cc1. The van der Waals surface area contributed by atoms with Crippen LogP contribution in [-0.2, 0) is 6.54 Å². The molecule has 1 atom stereocenters. The molecule has 0 unspecified atom stereocenters. The molecule has 2 nitrogen and oxygen atoms in total. The maximum absolute atomic E-state index is 5.60. The van der Waals surface area contributed by atoms with Crippen molar-refractivity contribution < 1.29 is 4.42 Å². The molecule has 0 bridgehead atoms. The Labute approximate surface area is 108 Å². The van der Waals surface area contributed by atoms with Crippen molar-refractivity contribution in [3.8, 4) is 0 Å². The summed E-state index contributed by atoms with van der Waals surface area (Å²) >= 11 is 0. The van der Waals surface area contributed by atoms with E-state index in [2.05, 4.69) is 41.3 Å². The van der Waals surface area contributed by atoms with Gasteiger partial charge in [-0.05, 0) is 37.1 Å². The second-order valence-electron chi connectivity index (χ2n) is 4.98. The first-order valence-electron chi connectivity index (χ1n) is 6.75. The summed E-state index contributed by atoms with van der Waals surface area (Å²) in [6, 6.07) is 15.3. The van der Waals surface area contributed by atoms with E-state index in [1.165, 1.54) is 31.4 Å². The van der Waals surface area contributed by atoms with Crippen LogP contribution in [0, 0.1) is 0 Å². The van der Waals surface area contributed by atoms with Crippen LogP contribution in [-0.4, -0.2) is 11.4 Å². The first kappa shape index (κ1) is 11.5. The van der Waals surface area contributed by atoms with E-state index in [0.717, 1.165) is 12.3 Å². The normalized spacial score (nSPS) is 21.0. The smallest absolute Gasteiger partial charge is 0.120 e. The summed E-state index contributed by atoms with van der Waals surface area (Å²) in [6.07, 6.45) is 5.59. The molecule has 0 N–H and O–H groups in total. The number of benzene rings is 1. The van der Waals surface area contributed by atoms with Crippen LogP contribution in [0.2, 0.25) is 0 Å². The Kier molecular flexibility index (Phi) is 3.47. The van der Waals surface area contributed by atoms with Crippen LogP contribution in [0.5, 0.6) is 0 Å². The van der Waals surface area contributed by atoms with Crippen LogP contribution in [0.15, 0.2) is 53.1 Å². The number of hydrogen-bond acceptors (Lipinski definition) is 2. The van der Waals surface area contributed by atoms with Gasteiger partial charge in [-0.25, -0.2) is 0 Å². The zero-order valence-electron chi connectivity index (χ0n) is 10.6. The van der Waals surface area contributed by atoms with Crippen molar-refractivity contribution in [2.45, 2.75) is 31.8 Å². The molecule has 94 valence electrons. The van der Waals surface area contributed by atoms with E-state index in [-0.39, 0.29) is 0 Å². The summed E-state index contributed by atoms with van der Waals surface area (Å²) in [7, 11) is 0. The van der Waals surface area contributed by atoms with E-state index in [1.54, 1.807) is 6.26 Å². The van der Waals surface area contributed by atoms with E-state index in [4.69, 9.17) is 4.42 Å². The third kappa shape index (κ3) is 2.49. The highest BCUT2D eigenvalue weighted by atomic mass is 16.3. The lowest BCUT2D eigenvalue weighted by molar-refractivity contribution is 0.122. The van der Waals surface area contributed by atoms with Gasteiger partial charge in [0.25, 0.3) is 0 Å². The number of furan rings is 1. The van der Waals surface area contributed by atoms with Gasteiger partial charge in [-0.15, -0.1) is 0 Å². The van der Waals surface area contributed by atoms with Gasteiger partial charge in [0.2, 0.25) is 0 Å². The molecule has 0 spiro atoms. The average molecular weight is 241 g/mol. The molecule has 0 radical (unpaired) electrons. The minimum atomic E-state index is 0.453. The first-order valence-corrected chi connectivity index (χ1v) is 6.75. The molecule has 1 aliphatic heterocycles. The van der Waals surface area contributed by atoms with Crippen LogP contribution >= 0.6 is 0 Å². The number of rotatable bonds is 3. The largest absolute Gasteiger partial charge is 0.468 e. The molecule has 3 rings (SSSR count). The fourth-order valence-electron chi connectivity index (χ4n) is 2.80. The molecular formula is C16H19NO. The van der Waals surface area contributed by atoms with Crippen molar-refractivity contribution in [1.82, 2.24) is 4.90 Å². The summed E-state index contributed by atoms with van der Waals surface area (Å²) in [5.74, 6) is 1.12. The van der Waals surface area contributed by atoms with Crippen LogP contribution in [0.1, 0.15) is 36.6 Å². The summed E-state index contributed by atoms with van der Waals surface area (Å²) in [5, 5.41) is 0. The van der Waals surface area contributed by atoms with Crippen LogP contribution in [0.25, 0.3) is 0 Å². The first-order chi connectivity index (χ1) is 8.93. The Morgan fingerprint density at radius 2 is 1.94 bits per heavy atom. The van der Waals surface area contributed by atoms with Crippen molar-refractivity contribution >= 4 is 0 Å². The van der Waals surface area contributed by atoms with Gasteiger partial charge in [-0.1, -0.05) is 36.8 Å². The van der Waals surface area contributed by atoms with Crippen molar-refractivity contribution in [2.75, 3.05) is 6.54 Å². The quantitative estimate of drug-likeness (QED) is 0.807. The van der Waals surface area contributed by atoms with E-state index >= 15 is 0 Å². The van der Waals surface area contributed by atoms with Gasteiger partial charge in [-0.2, -0.15) is 0 Å². The molecule has 1 fully saturated rings. The van der Waals surface area contributed by atoms with Gasteiger partial charge < -0.3 is 4.42 Å². The lowest BCUT2D eigenvalue weighted by Gasteiger charge is -2.34. The molecule has 18 heavy (non-hydrogen) atoms. The van der Waals surface area contributed by atoms with Gasteiger partial charge in [0.1, 0.15) is 5.76 Å². The predicted molar refractivity (Wildman–Crippen MR) is 72.2 cm³/mol. The number of hydrogen-bond donors (Lipinski definition) is 0. The molecule has 1 aromatic heterocycles. The van der Waals surface area contributed by atoms with Gasteiger partial charge in [0, 0.05) is 6.54 Å². The van der Waals surface area contributed by atoms with Crippen molar-refractivity contribution in [2.24, 2.45) is 0 Å². The maximum atomic E-state index is 5.60. The molecular weight excluding hydrogens is 222 g/mol. The van der Waals surface area contributed by atoms with Crippen LogP contribution in [0.3, 0.4) is 0 Å². The minimum absolute atomic E-state index is 0.453. The van der Waals surface area contributed by atoms with Crippen molar-refractivity contribution in [1.29, 1.82) is 0 Å². The third-order valence-corrected chi connectivity index (χ3v) is 3.71. The highest BCUT2D eigenvalue weighted by molar-refractivity contribution is 5.15. The molecule has 2 heterocycles. The number of nitrogens with zero attached hydrogens (tertiary/aromatic N) is 1. The van der Waals surface area contributed by atoms with Crippen LogP contribution < -0.4 is 0 Å². The highest BCUT2D eigenvalue weighted by Crippen LogP contribution is 2.32. The Morgan fingerprint density at radius 1 is 1.06 bits per heavy atom. The van der Waals surface area contributed by atoms with Gasteiger partial charge in [0.05, 0.1) is 12.3 Å². The molecule has 2 aromatic rings. The van der Waals surface area contributed by atoms with Crippen molar-refractivity contribution in [3.63, 3.8) is 0 Å². The molecule has 2 heteroatoms. The fourth-order valence-corrected chi connectivity index (χ4v) is 2.80. The van der Waals surface area contributed by atoms with E-state index in [0.29, 0.717) is 6.04 Å². The second-order valence-corrected chi connectivity index (χ2v) is 4.98. The minimum Gasteiger partial charge on any atom is -0.468 e. The second kappa shape index (κ2) is 5.40. The maximum Gasteiger partial charge on any atom is 0.120 e. The van der Waals surface area contributed by atoms with Gasteiger partial charge in [-0.3, -0.25) is 4.90 Å². The molecule has 0 amide bonds. The summed E-state index contributed by atoms with van der Waals surface area (Å²) in [5.41, 5.74) is 1.39. The number of likely N-dealkylation sites (tertiary alicyclic amines) is 1. The summed E-state index contributed by atoms with van der Waals surface area (Å²) < 4.78 is 5.60. The molecule has 1 aromatic carbocycles. The molecule has 1 aliphatic rings. The third-order valence-electron chi connectivity index (χ3n) is 3.71. The summed E-state index contributed by atoms with van der Waals surface area (Å²) in [4.78, 5) is 2.54. The highest BCUT2D eigenvalue weighted by Gasteiger charge is 2.25. The monoisotopic (exact) mass is 241 g/mol. The number of piperidine rings is 1. The Bertz CT molecular complexity index is 463. The standard InChI is InChI=1S/C16H19NO/c1-2-7-14(8-3-1)13-17-11-5-4-9-15(17)16-10-6-12-18-16/h1-3,6-8,10,12,15H,4-5,9,11,13H2/t15-/m1/s1. The summed E-state index contributed by atoms with van der Waals surface area (Å²) in [6.45, 7) is 2.19. The Balaban J connectivity index is 1.76. The molecule has 0 aliphatic carbocycles. The Morgan fingerprint density at radius 3 is 2.72 bits per heavy atom. The zero-order chi connectivity index (χ0) is 12.2. The zero-order valence-corrected chi connectivity index (χ0v) is 10.6. The average Bonchev–Trinajstić information content (AvgIpc) is 2.94. The molecule has 0 saturated carbocycles. The van der Waals surface area contributed by atoms with E-state index < -0.39 is 0 Å². The lowest BCUT2D eigenvalue weighted by Crippen LogP contribution is -2.32. The fraction of sp³-hybridized carbons (Fsp3) is 0.375. The topological polar surface area (TPSA) is 16.4 Å².